The van der Waals surface area contributed by atoms with Gasteiger partial charge in [-0.2, -0.15) is 0 Å². The molecule has 1 rings (SSSR count). The monoisotopic (exact) mass is 242 g/mol. The quantitative estimate of drug-likeness (QED) is 0.877. The van der Waals surface area contributed by atoms with Gasteiger partial charge in [0.15, 0.2) is 11.6 Å². The Hall–Kier alpha value is -1.45. The molecule has 1 aromatic rings. The largest absolute Gasteiger partial charge is 0.478 e. The van der Waals surface area contributed by atoms with E-state index < -0.39 is 17.6 Å². The fourth-order valence-corrected chi connectivity index (χ4v) is 2.11. The highest BCUT2D eigenvalue weighted by atomic mass is 19.2. The molecule has 0 aromatic heterocycles. The fourth-order valence-electron chi connectivity index (χ4n) is 2.11. The van der Waals surface area contributed by atoms with Gasteiger partial charge in [-0.05, 0) is 30.9 Å². The van der Waals surface area contributed by atoms with Crippen LogP contribution >= 0.6 is 0 Å². The summed E-state index contributed by atoms with van der Waals surface area (Å²) in [5.74, 6) is -3.13. The number of hydrogen-bond acceptors (Lipinski definition) is 1. The van der Waals surface area contributed by atoms with Gasteiger partial charge in [-0.3, -0.25) is 0 Å². The summed E-state index contributed by atoms with van der Waals surface area (Å²) in [7, 11) is 0. The molecule has 1 aromatic carbocycles. The van der Waals surface area contributed by atoms with Gasteiger partial charge in [-0.25, -0.2) is 13.6 Å². The summed E-state index contributed by atoms with van der Waals surface area (Å²) in [6, 6.07) is 0. The smallest absolute Gasteiger partial charge is 0.336 e. The maximum Gasteiger partial charge on any atom is 0.336 e. The van der Waals surface area contributed by atoms with Crippen LogP contribution in [0.5, 0.6) is 0 Å². The summed E-state index contributed by atoms with van der Waals surface area (Å²) in [6.45, 7) is 4.89. The molecule has 4 heteroatoms. The van der Waals surface area contributed by atoms with Crippen molar-refractivity contribution >= 4 is 5.97 Å². The molecule has 0 heterocycles. The minimum atomic E-state index is -1.20. The number of halogens is 2. The zero-order valence-corrected chi connectivity index (χ0v) is 10.2. The molecule has 2 nitrogen and oxygen atoms in total. The van der Waals surface area contributed by atoms with E-state index in [2.05, 4.69) is 0 Å². The Labute approximate surface area is 99.3 Å². The van der Waals surface area contributed by atoms with E-state index in [0.717, 1.165) is 0 Å². The van der Waals surface area contributed by atoms with E-state index in [1.54, 1.807) is 6.92 Å². The molecule has 94 valence electrons. The first-order chi connectivity index (χ1) is 7.95. The predicted molar refractivity (Wildman–Crippen MR) is 61.4 cm³/mol. The highest BCUT2D eigenvalue weighted by molar-refractivity contribution is 5.91. The Balaban J connectivity index is 3.65. The van der Waals surface area contributed by atoms with Gasteiger partial charge in [0.1, 0.15) is 0 Å². The first kappa shape index (κ1) is 13.6. The Bertz CT molecular complexity index is 453. The van der Waals surface area contributed by atoms with Gasteiger partial charge in [0.05, 0.1) is 5.56 Å². The number of benzene rings is 1. The van der Waals surface area contributed by atoms with Gasteiger partial charge in [-0.1, -0.05) is 20.3 Å². The molecule has 0 fully saturated rings. The van der Waals surface area contributed by atoms with Crippen LogP contribution in [0.1, 0.15) is 47.3 Å². The summed E-state index contributed by atoms with van der Waals surface area (Å²) >= 11 is 0. The van der Waals surface area contributed by atoms with E-state index in [0.29, 0.717) is 24.8 Å². The molecule has 0 radical (unpaired) electrons. The van der Waals surface area contributed by atoms with E-state index in [1.165, 1.54) is 6.92 Å². The molecule has 0 aliphatic carbocycles. The number of hydrogen-bond donors (Lipinski definition) is 1. The molecule has 0 aliphatic rings. The van der Waals surface area contributed by atoms with Crippen molar-refractivity contribution in [3.8, 4) is 0 Å². The second-order valence-corrected chi connectivity index (χ2v) is 3.99. The average Bonchev–Trinajstić information content (AvgIpc) is 2.29. The molecular weight excluding hydrogens is 226 g/mol. The van der Waals surface area contributed by atoms with E-state index in [9.17, 15) is 13.6 Å². The van der Waals surface area contributed by atoms with E-state index >= 15 is 0 Å². The minimum Gasteiger partial charge on any atom is -0.478 e. The van der Waals surface area contributed by atoms with Gasteiger partial charge < -0.3 is 5.11 Å². The first-order valence-electron chi connectivity index (χ1n) is 5.68. The lowest BCUT2D eigenvalue weighted by Crippen LogP contribution is -2.13. The topological polar surface area (TPSA) is 37.3 Å². The van der Waals surface area contributed by atoms with Crippen LogP contribution in [0.15, 0.2) is 0 Å². The van der Waals surface area contributed by atoms with Gasteiger partial charge in [-0.15, -0.1) is 0 Å². The molecule has 0 saturated carbocycles. The number of carboxylic acid groups (broad SMARTS) is 1. The number of aromatic carboxylic acids is 1. The second kappa shape index (κ2) is 5.25. The molecule has 0 amide bonds. The zero-order chi connectivity index (χ0) is 13.2. The van der Waals surface area contributed by atoms with Crippen LogP contribution in [0.2, 0.25) is 0 Å². The summed E-state index contributed by atoms with van der Waals surface area (Å²) in [4.78, 5) is 11.1. The fraction of sp³-hybridized carbons (Fsp3) is 0.462. The highest BCUT2D eigenvalue weighted by Gasteiger charge is 2.24. The van der Waals surface area contributed by atoms with Crippen LogP contribution < -0.4 is 0 Å². The maximum atomic E-state index is 13.8. The molecule has 0 atom stereocenters. The van der Waals surface area contributed by atoms with E-state index in [4.69, 9.17) is 5.11 Å². The van der Waals surface area contributed by atoms with Gasteiger partial charge in [0, 0.05) is 5.56 Å². The highest BCUT2D eigenvalue weighted by Crippen LogP contribution is 2.27. The van der Waals surface area contributed by atoms with Crippen molar-refractivity contribution in [1.82, 2.24) is 0 Å². The molecular formula is C13H16F2O2. The molecule has 17 heavy (non-hydrogen) atoms. The van der Waals surface area contributed by atoms with Crippen molar-refractivity contribution in [2.75, 3.05) is 0 Å². The van der Waals surface area contributed by atoms with Crippen molar-refractivity contribution < 1.29 is 18.7 Å². The number of rotatable bonds is 4. The molecule has 1 N–H and O–H groups in total. The first-order valence-corrected chi connectivity index (χ1v) is 5.68. The van der Waals surface area contributed by atoms with Crippen LogP contribution in [0.4, 0.5) is 8.78 Å². The summed E-state index contributed by atoms with van der Waals surface area (Å²) in [5, 5.41) is 9.10. The molecule has 0 spiro atoms. The lowest BCUT2D eigenvalue weighted by atomic mass is 9.91. The number of carboxylic acids is 1. The summed E-state index contributed by atoms with van der Waals surface area (Å²) in [6.07, 6.45) is 1.38. The summed E-state index contributed by atoms with van der Waals surface area (Å²) < 4.78 is 27.4. The average molecular weight is 242 g/mol. The Morgan fingerprint density at radius 3 is 2.18 bits per heavy atom. The van der Waals surface area contributed by atoms with E-state index in [1.807, 2.05) is 6.92 Å². The van der Waals surface area contributed by atoms with Crippen LogP contribution in [0.3, 0.4) is 0 Å². The zero-order valence-electron chi connectivity index (χ0n) is 10.2. The lowest BCUT2D eigenvalue weighted by Gasteiger charge is -2.15. The Morgan fingerprint density at radius 1 is 1.18 bits per heavy atom. The molecule has 0 bridgehead atoms. The van der Waals surface area contributed by atoms with E-state index in [-0.39, 0.29) is 16.7 Å². The third-order valence-electron chi connectivity index (χ3n) is 2.90. The molecule has 0 saturated heterocycles. The van der Waals surface area contributed by atoms with Crippen molar-refractivity contribution in [3.05, 3.63) is 33.9 Å². The van der Waals surface area contributed by atoms with Crippen LogP contribution in [0, 0.1) is 18.6 Å². The van der Waals surface area contributed by atoms with Crippen molar-refractivity contribution in [3.63, 3.8) is 0 Å². The normalized spacial score (nSPS) is 10.6. The van der Waals surface area contributed by atoms with Crippen molar-refractivity contribution in [2.45, 2.75) is 40.0 Å². The third-order valence-corrected chi connectivity index (χ3v) is 2.90. The minimum absolute atomic E-state index is 0.0881. The van der Waals surface area contributed by atoms with Crippen molar-refractivity contribution in [2.24, 2.45) is 0 Å². The van der Waals surface area contributed by atoms with Crippen LogP contribution in [0.25, 0.3) is 0 Å². The Morgan fingerprint density at radius 2 is 1.76 bits per heavy atom. The maximum absolute atomic E-state index is 13.8. The standard InChI is InChI=1S/C13H16F2O2/c1-4-6-9-8(5-2)10(13(16)17)7(3)11(14)12(9)15/h4-6H2,1-3H3,(H,16,17). The molecule has 0 unspecified atom stereocenters. The lowest BCUT2D eigenvalue weighted by molar-refractivity contribution is 0.0694. The van der Waals surface area contributed by atoms with Crippen molar-refractivity contribution in [1.29, 1.82) is 0 Å². The van der Waals surface area contributed by atoms with Crippen LogP contribution in [-0.2, 0) is 12.8 Å². The third kappa shape index (κ3) is 2.30. The summed E-state index contributed by atoms with van der Waals surface area (Å²) in [5.41, 5.74) is 0.410. The second-order valence-electron chi connectivity index (χ2n) is 3.99. The predicted octanol–water partition coefficient (Wildman–Crippen LogP) is 3.49. The van der Waals surface area contributed by atoms with Gasteiger partial charge >= 0.3 is 5.97 Å². The van der Waals surface area contributed by atoms with Gasteiger partial charge in [0.25, 0.3) is 0 Å². The van der Waals surface area contributed by atoms with Gasteiger partial charge in [0.2, 0.25) is 0 Å². The Kier molecular flexibility index (Phi) is 4.21. The SMILES string of the molecule is CCCc1c(F)c(F)c(C)c(C(=O)O)c1CC. The molecule has 0 aliphatic heterocycles. The van der Waals surface area contributed by atoms with Crippen LogP contribution in [-0.4, -0.2) is 11.1 Å². The number of carbonyl (C=O) groups is 1.